The molecule has 0 unspecified atom stereocenters. The highest BCUT2D eigenvalue weighted by Gasteiger charge is 2.12. The van der Waals surface area contributed by atoms with Gasteiger partial charge in [0.25, 0.3) is 0 Å². The van der Waals surface area contributed by atoms with E-state index in [1.165, 1.54) is 33.4 Å². The first-order valence-electron chi connectivity index (χ1n) is 16.1. The van der Waals surface area contributed by atoms with Crippen LogP contribution in [0.5, 0.6) is 0 Å². The van der Waals surface area contributed by atoms with Gasteiger partial charge in [0.05, 0.1) is 11.4 Å². The van der Waals surface area contributed by atoms with E-state index in [0.717, 1.165) is 39.2 Å². The van der Waals surface area contributed by atoms with Gasteiger partial charge in [-0.1, -0.05) is 152 Å². The molecule has 0 aliphatic heterocycles. The fourth-order valence-corrected chi connectivity index (χ4v) is 6.04. The van der Waals surface area contributed by atoms with Crippen LogP contribution in [0.15, 0.2) is 188 Å². The molecule has 3 nitrogen and oxygen atoms in total. The van der Waals surface area contributed by atoms with E-state index >= 15 is 0 Å². The molecule has 0 atom stereocenters. The largest absolute Gasteiger partial charge is 0.265 e. The maximum atomic E-state index is 5.04. The first kappa shape index (κ1) is 29.0. The highest BCUT2D eigenvalue weighted by Crippen LogP contribution is 2.32. The van der Waals surface area contributed by atoms with Gasteiger partial charge in [-0.2, -0.15) is 0 Å². The lowest BCUT2D eigenvalue weighted by Gasteiger charge is -2.11. The van der Waals surface area contributed by atoms with Gasteiger partial charge in [0.15, 0.2) is 5.82 Å². The van der Waals surface area contributed by atoms with Crippen LogP contribution >= 0.6 is 0 Å². The van der Waals surface area contributed by atoms with Crippen LogP contribution in [0, 0.1) is 0 Å². The molecule has 6 aromatic carbocycles. The molecule has 0 fully saturated rings. The Bertz CT molecular complexity index is 2280. The third-order valence-corrected chi connectivity index (χ3v) is 8.65. The number of benzene rings is 6. The van der Waals surface area contributed by atoms with Crippen LogP contribution in [0.4, 0.5) is 0 Å². The Hall–Kier alpha value is -6.45. The number of nitrogens with zero attached hydrogens (tertiary/aromatic N) is 3. The third kappa shape index (κ3) is 6.18. The van der Waals surface area contributed by atoms with Gasteiger partial charge in [0.1, 0.15) is 0 Å². The summed E-state index contributed by atoms with van der Waals surface area (Å²) in [6.07, 6.45) is 3.65. The van der Waals surface area contributed by atoms with Crippen molar-refractivity contribution in [3.8, 4) is 78.4 Å². The van der Waals surface area contributed by atoms with Crippen molar-refractivity contribution in [3.05, 3.63) is 188 Å². The van der Waals surface area contributed by atoms with Gasteiger partial charge in [-0.05, 0) is 68.8 Å². The lowest BCUT2D eigenvalue weighted by atomic mass is 9.97. The molecule has 0 radical (unpaired) electrons. The zero-order valence-electron chi connectivity index (χ0n) is 26.2. The number of hydrogen-bond donors (Lipinski definition) is 0. The summed E-state index contributed by atoms with van der Waals surface area (Å²) >= 11 is 0. The predicted octanol–water partition coefficient (Wildman–Crippen LogP) is 11.5. The summed E-state index contributed by atoms with van der Waals surface area (Å²) in [6, 6.07) is 61.5. The summed E-state index contributed by atoms with van der Waals surface area (Å²) in [4.78, 5) is 14.2. The Labute approximate surface area is 280 Å². The molecule has 0 saturated carbocycles. The van der Waals surface area contributed by atoms with Gasteiger partial charge in [-0.15, -0.1) is 0 Å². The Morgan fingerprint density at radius 3 is 1.15 bits per heavy atom. The summed E-state index contributed by atoms with van der Waals surface area (Å²) in [5, 5.41) is 0. The van der Waals surface area contributed by atoms with E-state index in [2.05, 4.69) is 145 Å². The monoisotopic (exact) mass is 613 g/mol. The van der Waals surface area contributed by atoms with Crippen molar-refractivity contribution < 1.29 is 0 Å². The van der Waals surface area contributed by atoms with Crippen molar-refractivity contribution in [2.24, 2.45) is 0 Å². The number of pyridine rings is 1. The molecule has 2 heterocycles. The second-order valence-corrected chi connectivity index (χ2v) is 11.7. The molecule has 226 valence electrons. The number of hydrogen-bond acceptors (Lipinski definition) is 3. The molecule has 0 aliphatic carbocycles. The molecule has 8 aromatic rings. The van der Waals surface area contributed by atoms with E-state index in [1.807, 2.05) is 48.8 Å². The lowest BCUT2D eigenvalue weighted by Crippen LogP contribution is -1.96. The quantitative estimate of drug-likeness (QED) is 0.179. The zero-order chi connectivity index (χ0) is 32.1. The zero-order valence-corrected chi connectivity index (χ0v) is 26.2. The molecular weight excluding hydrogens is 583 g/mol. The van der Waals surface area contributed by atoms with Gasteiger partial charge in [0.2, 0.25) is 0 Å². The van der Waals surface area contributed by atoms with Crippen LogP contribution in [-0.4, -0.2) is 15.0 Å². The fraction of sp³-hybridized carbons (Fsp3) is 0. The number of aromatic nitrogens is 3. The Kier molecular flexibility index (Phi) is 7.92. The normalized spacial score (nSPS) is 10.9. The van der Waals surface area contributed by atoms with Gasteiger partial charge in [0, 0.05) is 29.1 Å². The molecular formula is C45H31N3. The topological polar surface area (TPSA) is 38.7 Å². The Morgan fingerprint density at radius 2 is 0.625 bits per heavy atom. The van der Waals surface area contributed by atoms with Crippen molar-refractivity contribution >= 4 is 0 Å². The van der Waals surface area contributed by atoms with Crippen LogP contribution in [0.3, 0.4) is 0 Å². The van der Waals surface area contributed by atoms with Crippen LogP contribution < -0.4 is 0 Å². The van der Waals surface area contributed by atoms with Gasteiger partial charge >= 0.3 is 0 Å². The van der Waals surface area contributed by atoms with E-state index in [4.69, 9.17) is 9.97 Å². The molecule has 0 spiro atoms. The first-order chi connectivity index (χ1) is 23.8. The van der Waals surface area contributed by atoms with Crippen molar-refractivity contribution in [3.63, 3.8) is 0 Å². The summed E-state index contributed by atoms with van der Waals surface area (Å²) in [5.74, 6) is 0.710. The minimum atomic E-state index is 0.710. The van der Waals surface area contributed by atoms with Crippen molar-refractivity contribution in [1.82, 2.24) is 15.0 Å². The van der Waals surface area contributed by atoms with E-state index in [1.54, 1.807) is 0 Å². The highest BCUT2D eigenvalue weighted by atomic mass is 14.9. The summed E-state index contributed by atoms with van der Waals surface area (Å²) < 4.78 is 0. The maximum Gasteiger partial charge on any atom is 0.160 e. The predicted molar refractivity (Wildman–Crippen MR) is 198 cm³/mol. The molecule has 48 heavy (non-hydrogen) atoms. The van der Waals surface area contributed by atoms with E-state index in [0.29, 0.717) is 5.82 Å². The highest BCUT2D eigenvalue weighted by molar-refractivity contribution is 5.78. The Morgan fingerprint density at radius 1 is 0.250 bits per heavy atom. The minimum Gasteiger partial charge on any atom is -0.265 e. The smallest absolute Gasteiger partial charge is 0.160 e. The lowest BCUT2D eigenvalue weighted by molar-refractivity contribution is 1.18. The standard InChI is InChI=1S/C45H31N3/c1-3-8-32(9-4-1)41-12-7-13-42(30-41)44-31-43(47-45(48-44)40-10-5-2-6-11-40)39-24-22-36(23-25-39)35-16-14-33(15-17-35)34-18-20-37(21-19-34)38-26-28-46-29-27-38/h1-31H. The van der Waals surface area contributed by atoms with Crippen molar-refractivity contribution in [1.29, 1.82) is 0 Å². The van der Waals surface area contributed by atoms with Crippen LogP contribution in [0.1, 0.15) is 0 Å². The van der Waals surface area contributed by atoms with E-state index < -0.39 is 0 Å². The molecule has 0 amide bonds. The summed E-state index contributed by atoms with van der Waals surface area (Å²) in [7, 11) is 0. The van der Waals surface area contributed by atoms with Crippen LogP contribution in [0.2, 0.25) is 0 Å². The molecule has 0 bridgehead atoms. The van der Waals surface area contributed by atoms with Gasteiger partial charge in [-0.25, -0.2) is 9.97 Å². The van der Waals surface area contributed by atoms with Gasteiger partial charge < -0.3 is 0 Å². The molecule has 2 aromatic heterocycles. The minimum absolute atomic E-state index is 0.710. The molecule has 8 rings (SSSR count). The SMILES string of the molecule is c1ccc(-c2cccc(-c3cc(-c4ccc(-c5ccc(-c6ccc(-c7ccncc7)cc6)cc5)cc4)nc(-c4ccccc4)n3)c2)cc1. The molecule has 0 saturated heterocycles. The third-order valence-electron chi connectivity index (χ3n) is 8.65. The van der Waals surface area contributed by atoms with E-state index in [9.17, 15) is 0 Å². The fourth-order valence-electron chi connectivity index (χ4n) is 6.04. The second-order valence-electron chi connectivity index (χ2n) is 11.7. The molecule has 0 N–H and O–H groups in total. The first-order valence-corrected chi connectivity index (χ1v) is 16.1. The molecule has 0 aliphatic rings. The average molecular weight is 614 g/mol. The van der Waals surface area contributed by atoms with Gasteiger partial charge in [-0.3, -0.25) is 4.98 Å². The average Bonchev–Trinajstić information content (AvgIpc) is 3.19. The van der Waals surface area contributed by atoms with Crippen LogP contribution in [-0.2, 0) is 0 Å². The van der Waals surface area contributed by atoms with Crippen molar-refractivity contribution in [2.45, 2.75) is 0 Å². The summed E-state index contributed by atoms with van der Waals surface area (Å²) in [6.45, 7) is 0. The number of rotatable bonds is 7. The van der Waals surface area contributed by atoms with Crippen LogP contribution in [0.25, 0.3) is 78.4 Å². The molecule has 3 heteroatoms. The second kappa shape index (κ2) is 13.1. The van der Waals surface area contributed by atoms with Crippen molar-refractivity contribution in [2.75, 3.05) is 0 Å². The van der Waals surface area contributed by atoms with E-state index in [-0.39, 0.29) is 0 Å². The summed E-state index contributed by atoms with van der Waals surface area (Å²) in [5.41, 5.74) is 14.3. The Balaban J connectivity index is 1.08. The maximum absolute atomic E-state index is 5.04.